The molecule has 2 aromatic rings. The monoisotopic (exact) mass is 384 g/mol. The van der Waals surface area contributed by atoms with Crippen molar-refractivity contribution in [2.24, 2.45) is 0 Å². The number of nitrogens with zero attached hydrogens (tertiary/aromatic N) is 2. The summed E-state index contributed by atoms with van der Waals surface area (Å²) in [6, 6.07) is 7.96. The predicted octanol–water partition coefficient (Wildman–Crippen LogP) is 3.58. The van der Waals surface area contributed by atoms with Gasteiger partial charge in [0.05, 0.1) is 0 Å². The molecule has 2 N–H and O–H groups in total. The zero-order valence-electron chi connectivity index (χ0n) is 17.8. The van der Waals surface area contributed by atoms with Crippen LogP contribution >= 0.6 is 0 Å². The van der Waals surface area contributed by atoms with E-state index in [9.17, 15) is 4.79 Å². The van der Waals surface area contributed by atoms with Gasteiger partial charge >= 0.3 is 0 Å². The molecular weight excluding hydrogens is 352 g/mol. The van der Waals surface area contributed by atoms with Crippen molar-refractivity contribution in [1.82, 2.24) is 20.4 Å². The number of hydrogen-bond donors (Lipinski definition) is 2. The Morgan fingerprint density at radius 1 is 1.21 bits per heavy atom. The summed E-state index contributed by atoms with van der Waals surface area (Å²) in [4.78, 5) is 12.7. The molecule has 1 amide bonds. The molecule has 0 unspecified atom stereocenters. The number of nitrogens with one attached hydrogen (secondary N) is 2. The smallest absolute Gasteiger partial charge is 0.271 e. The molecule has 1 aromatic carbocycles. The van der Waals surface area contributed by atoms with Crippen LogP contribution in [0.4, 0.5) is 0 Å². The molecule has 1 fully saturated rings. The maximum Gasteiger partial charge on any atom is 0.271 e. The summed E-state index contributed by atoms with van der Waals surface area (Å²) in [5.74, 6) is 0.699. The summed E-state index contributed by atoms with van der Waals surface area (Å²) >= 11 is 0. The highest BCUT2D eigenvalue weighted by Crippen LogP contribution is 2.28. The molecule has 6 heteroatoms. The van der Waals surface area contributed by atoms with E-state index in [0.717, 1.165) is 29.7 Å². The summed E-state index contributed by atoms with van der Waals surface area (Å²) < 4.78 is 7.51. The number of piperidine rings is 1. The molecule has 1 aliphatic heterocycles. The van der Waals surface area contributed by atoms with Gasteiger partial charge in [-0.2, -0.15) is 5.10 Å². The van der Waals surface area contributed by atoms with Crippen LogP contribution in [0.3, 0.4) is 0 Å². The zero-order valence-corrected chi connectivity index (χ0v) is 17.8. The number of benzene rings is 1. The molecule has 0 radical (unpaired) electrons. The molecule has 1 aliphatic rings. The number of hydrogen-bond acceptors (Lipinski definition) is 4. The maximum absolute atomic E-state index is 12.7. The van der Waals surface area contributed by atoms with Gasteiger partial charge in [0.2, 0.25) is 0 Å². The Morgan fingerprint density at radius 2 is 1.89 bits per heavy atom. The number of carbonyl (C=O) groups excluding carboxylic acids is 1. The van der Waals surface area contributed by atoms with Crippen molar-refractivity contribution >= 4 is 5.91 Å². The molecule has 0 aliphatic carbocycles. The first-order valence-electron chi connectivity index (χ1n) is 9.87. The Balaban J connectivity index is 1.60. The first-order chi connectivity index (χ1) is 13.0. The Morgan fingerprint density at radius 3 is 2.57 bits per heavy atom. The van der Waals surface area contributed by atoms with Gasteiger partial charge in [-0.1, -0.05) is 12.1 Å². The van der Waals surface area contributed by atoms with Gasteiger partial charge in [-0.05, 0) is 77.6 Å². The lowest BCUT2D eigenvalue weighted by Gasteiger charge is -2.46. The number of rotatable bonds is 5. The maximum atomic E-state index is 12.7. The molecule has 0 atom stereocenters. The van der Waals surface area contributed by atoms with E-state index in [2.05, 4.69) is 49.5 Å². The number of ether oxygens (including phenoxy) is 1. The van der Waals surface area contributed by atoms with E-state index in [1.807, 2.05) is 26.0 Å². The topological polar surface area (TPSA) is 68.2 Å². The number of carbonyl (C=O) groups is 1. The molecule has 1 saturated heterocycles. The normalized spacial score (nSPS) is 18.6. The van der Waals surface area contributed by atoms with E-state index in [1.165, 1.54) is 0 Å². The second kappa shape index (κ2) is 7.59. The molecule has 0 saturated carbocycles. The summed E-state index contributed by atoms with van der Waals surface area (Å²) in [5.41, 5.74) is 2.61. The SMILES string of the molecule is Cc1ccc(C)c(OCn2ccc(C(=O)NC3CC(C)(C)NC(C)(C)C3)n2)c1. The molecule has 0 bridgehead atoms. The largest absolute Gasteiger partial charge is 0.471 e. The lowest BCUT2D eigenvalue weighted by Crippen LogP contribution is -2.62. The lowest BCUT2D eigenvalue weighted by molar-refractivity contribution is 0.0866. The Kier molecular flexibility index (Phi) is 5.53. The van der Waals surface area contributed by atoms with Crippen LogP contribution in [-0.4, -0.2) is 32.8 Å². The lowest BCUT2D eigenvalue weighted by atomic mass is 9.79. The van der Waals surface area contributed by atoms with Gasteiger partial charge in [0.15, 0.2) is 6.73 Å². The van der Waals surface area contributed by atoms with Crippen LogP contribution in [0.5, 0.6) is 5.75 Å². The van der Waals surface area contributed by atoms with Crippen LogP contribution in [-0.2, 0) is 6.73 Å². The van der Waals surface area contributed by atoms with E-state index in [-0.39, 0.29) is 29.8 Å². The number of aromatic nitrogens is 2. The fourth-order valence-corrected chi connectivity index (χ4v) is 4.24. The van der Waals surface area contributed by atoms with E-state index in [0.29, 0.717) is 5.69 Å². The second-order valence-corrected chi connectivity index (χ2v) is 9.25. The van der Waals surface area contributed by atoms with Crippen LogP contribution in [0.15, 0.2) is 30.5 Å². The van der Waals surface area contributed by atoms with Gasteiger partial charge in [0, 0.05) is 23.3 Å². The van der Waals surface area contributed by atoms with E-state index < -0.39 is 0 Å². The van der Waals surface area contributed by atoms with Gasteiger partial charge in [-0.3, -0.25) is 4.79 Å². The highest BCUT2D eigenvalue weighted by atomic mass is 16.5. The van der Waals surface area contributed by atoms with Gasteiger partial charge < -0.3 is 15.4 Å². The van der Waals surface area contributed by atoms with Crippen molar-refractivity contribution in [2.45, 2.75) is 78.2 Å². The highest BCUT2D eigenvalue weighted by Gasteiger charge is 2.38. The number of amides is 1. The zero-order chi connectivity index (χ0) is 20.5. The fraction of sp³-hybridized carbons (Fsp3) is 0.545. The minimum absolute atomic E-state index is 0.0153. The molecule has 152 valence electrons. The standard InChI is InChI=1S/C22H32N4O2/c1-15-7-8-16(2)19(11-15)28-14-26-10-9-18(24-26)20(27)23-17-12-21(3,4)25-22(5,6)13-17/h7-11,17,25H,12-14H2,1-6H3,(H,23,27). The van der Waals surface area contributed by atoms with Crippen LogP contribution in [0.25, 0.3) is 0 Å². The van der Waals surface area contributed by atoms with Crippen molar-refractivity contribution in [3.8, 4) is 5.75 Å². The van der Waals surface area contributed by atoms with Crippen molar-refractivity contribution in [3.05, 3.63) is 47.3 Å². The third-order valence-corrected chi connectivity index (χ3v) is 5.09. The molecule has 3 rings (SSSR count). The average Bonchev–Trinajstić information content (AvgIpc) is 3.02. The molecule has 2 heterocycles. The Labute approximate surface area is 167 Å². The summed E-state index contributed by atoms with van der Waals surface area (Å²) in [7, 11) is 0. The molecule has 0 spiro atoms. The first-order valence-corrected chi connectivity index (χ1v) is 9.87. The quantitative estimate of drug-likeness (QED) is 0.827. The van der Waals surface area contributed by atoms with E-state index in [4.69, 9.17) is 4.74 Å². The highest BCUT2D eigenvalue weighted by molar-refractivity contribution is 5.92. The number of aryl methyl sites for hydroxylation is 2. The second-order valence-electron chi connectivity index (χ2n) is 9.25. The van der Waals surface area contributed by atoms with Crippen molar-refractivity contribution in [3.63, 3.8) is 0 Å². The average molecular weight is 385 g/mol. The van der Waals surface area contributed by atoms with E-state index in [1.54, 1.807) is 16.9 Å². The fourth-order valence-electron chi connectivity index (χ4n) is 4.24. The predicted molar refractivity (Wildman–Crippen MR) is 111 cm³/mol. The van der Waals surface area contributed by atoms with Crippen LogP contribution in [0.1, 0.15) is 62.2 Å². The summed E-state index contributed by atoms with van der Waals surface area (Å²) in [6.07, 6.45) is 3.55. The van der Waals surface area contributed by atoms with Crippen molar-refractivity contribution in [1.29, 1.82) is 0 Å². The van der Waals surface area contributed by atoms with Gasteiger partial charge in [0.25, 0.3) is 5.91 Å². The minimum Gasteiger partial charge on any atom is -0.471 e. The Hall–Kier alpha value is -2.34. The Bertz CT molecular complexity index is 838. The molecular formula is C22H32N4O2. The molecule has 1 aromatic heterocycles. The molecule has 6 nitrogen and oxygen atoms in total. The van der Waals surface area contributed by atoms with Gasteiger partial charge in [-0.15, -0.1) is 0 Å². The summed E-state index contributed by atoms with van der Waals surface area (Å²) in [5, 5.41) is 11.2. The van der Waals surface area contributed by atoms with Crippen LogP contribution < -0.4 is 15.4 Å². The summed E-state index contributed by atoms with van der Waals surface area (Å²) in [6.45, 7) is 13.0. The van der Waals surface area contributed by atoms with Gasteiger partial charge in [-0.25, -0.2) is 4.68 Å². The van der Waals surface area contributed by atoms with Crippen molar-refractivity contribution in [2.75, 3.05) is 0 Å². The third kappa shape index (κ3) is 5.13. The first kappa shape index (κ1) is 20.4. The van der Waals surface area contributed by atoms with Gasteiger partial charge in [0.1, 0.15) is 11.4 Å². The minimum atomic E-state index is -0.135. The van der Waals surface area contributed by atoms with Crippen LogP contribution in [0.2, 0.25) is 0 Å². The van der Waals surface area contributed by atoms with Crippen LogP contribution in [0, 0.1) is 13.8 Å². The third-order valence-electron chi connectivity index (χ3n) is 5.09. The molecule has 28 heavy (non-hydrogen) atoms. The van der Waals surface area contributed by atoms with Crippen molar-refractivity contribution < 1.29 is 9.53 Å². The van der Waals surface area contributed by atoms with E-state index >= 15 is 0 Å².